The lowest BCUT2D eigenvalue weighted by Gasteiger charge is -2.27. The van der Waals surface area contributed by atoms with Gasteiger partial charge in [-0.05, 0) is 36.2 Å². The fourth-order valence-electron chi connectivity index (χ4n) is 4.43. The molecule has 3 aromatic carbocycles. The zero-order valence-corrected chi connectivity index (χ0v) is 20.4. The van der Waals surface area contributed by atoms with Crippen molar-refractivity contribution in [2.75, 3.05) is 33.3 Å². The molecule has 0 spiro atoms. The Labute approximate surface area is 211 Å². The number of nitrogens with zero attached hydrogens (tertiary/aromatic N) is 2. The summed E-state index contributed by atoms with van der Waals surface area (Å²) in [4.78, 5) is 43.3. The summed E-state index contributed by atoms with van der Waals surface area (Å²) in [5, 5.41) is 2.95. The van der Waals surface area contributed by atoms with E-state index in [0.717, 1.165) is 5.56 Å². The maximum atomic E-state index is 13.7. The summed E-state index contributed by atoms with van der Waals surface area (Å²) in [6.45, 7) is 1.86. The molecule has 7 heteroatoms. The number of carbonyl (C=O) groups excluding carboxylic acids is 3. The summed E-state index contributed by atoms with van der Waals surface area (Å²) in [7, 11) is 1.55. The molecule has 0 saturated carbocycles. The van der Waals surface area contributed by atoms with Gasteiger partial charge in [0.2, 0.25) is 5.91 Å². The van der Waals surface area contributed by atoms with Crippen molar-refractivity contribution >= 4 is 17.7 Å². The molecule has 3 aromatic rings. The number of nitrogens with one attached hydrogen (secondary N) is 1. The van der Waals surface area contributed by atoms with Crippen LogP contribution in [0, 0.1) is 0 Å². The Bertz CT molecular complexity index is 1180. The van der Waals surface area contributed by atoms with E-state index in [0.29, 0.717) is 55.9 Å². The first kappa shape index (κ1) is 25.0. The van der Waals surface area contributed by atoms with Gasteiger partial charge in [-0.2, -0.15) is 0 Å². The van der Waals surface area contributed by atoms with Crippen LogP contribution in [0.1, 0.15) is 32.7 Å². The van der Waals surface area contributed by atoms with E-state index in [-0.39, 0.29) is 17.7 Å². The van der Waals surface area contributed by atoms with E-state index in [1.54, 1.807) is 53.3 Å². The molecule has 1 saturated heterocycles. The molecule has 3 amide bonds. The first-order valence-electron chi connectivity index (χ1n) is 12.2. The second-order valence-corrected chi connectivity index (χ2v) is 8.75. The molecular formula is C29H31N3O4. The smallest absolute Gasteiger partial charge is 0.257 e. The monoisotopic (exact) mass is 485 g/mol. The molecule has 0 bridgehead atoms. The molecular weight excluding hydrogens is 454 g/mol. The Hall–Kier alpha value is -4.13. The molecule has 7 nitrogen and oxygen atoms in total. The van der Waals surface area contributed by atoms with Gasteiger partial charge in [-0.3, -0.25) is 14.4 Å². The van der Waals surface area contributed by atoms with E-state index in [1.165, 1.54) is 0 Å². The highest BCUT2D eigenvalue weighted by Gasteiger charge is 2.29. The lowest BCUT2D eigenvalue weighted by atomic mass is 10.0. The second-order valence-electron chi connectivity index (χ2n) is 8.75. The first-order valence-corrected chi connectivity index (χ1v) is 12.2. The third-order valence-corrected chi connectivity index (χ3v) is 6.35. The number of carbonyl (C=O) groups is 3. The van der Waals surface area contributed by atoms with Gasteiger partial charge >= 0.3 is 0 Å². The van der Waals surface area contributed by atoms with Crippen LogP contribution in [0.15, 0.2) is 84.9 Å². The lowest BCUT2D eigenvalue weighted by Crippen LogP contribution is -2.50. The Morgan fingerprint density at radius 1 is 0.806 bits per heavy atom. The Kier molecular flexibility index (Phi) is 8.34. The Balaban J connectivity index is 1.47. The minimum absolute atomic E-state index is 0.111. The van der Waals surface area contributed by atoms with E-state index in [9.17, 15) is 14.4 Å². The van der Waals surface area contributed by atoms with Gasteiger partial charge in [0, 0.05) is 38.2 Å². The highest BCUT2D eigenvalue weighted by molar-refractivity contribution is 5.98. The number of amides is 3. The first-order chi connectivity index (χ1) is 17.6. The van der Waals surface area contributed by atoms with Crippen LogP contribution in [-0.2, 0) is 11.2 Å². The van der Waals surface area contributed by atoms with Gasteiger partial charge in [0.05, 0.1) is 12.7 Å². The number of rotatable bonds is 7. The van der Waals surface area contributed by atoms with E-state index in [4.69, 9.17) is 4.74 Å². The van der Waals surface area contributed by atoms with Crippen molar-refractivity contribution in [3.63, 3.8) is 0 Å². The van der Waals surface area contributed by atoms with Crippen LogP contribution in [0.4, 0.5) is 0 Å². The van der Waals surface area contributed by atoms with Crippen LogP contribution < -0.4 is 10.1 Å². The fourth-order valence-corrected chi connectivity index (χ4v) is 4.43. The number of hydrogen-bond acceptors (Lipinski definition) is 4. The summed E-state index contributed by atoms with van der Waals surface area (Å²) in [6.07, 6.45) is 1.04. The minimum atomic E-state index is -0.712. The van der Waals surface area contributed by atoms with Crippen molar-refractivity contribution in [3.05, 3.63) is 102 Å². The lowest BCUT2D eigenvalue weighted by molar-refractivity contribution is -0.133. The normalized spacial score (nSPS) is 14.5. The largest absolute Gasteiger partial charge is 0.496 e. The van der Waals surface area contributed by atoms with Gasteiger partial charge in [0.1, 0.15) is 11.8 Å². The highest BCUT2D eigenvalue weighted by atomic mass is 16.5. The molecule has 1 aliphatic rings. The van der Waals surface area contributed by atoms with Crippen LogP contribution in [0.3, 0.4) is 0 Å². The van der Waals surface area contributed by atoms with Gasteiger partial charge in [0.15, 0.2) is 0 Å². The third-order valence-electron chi connectivity index (χ3n) is 6.35. The predicted octanol–water partition coefficient (Wildman–Crippen LogP) is 3.41. The zero-order valence-electron chi connectivity index (χ0n) is 20.4. The predicted molar refractivity (Wildman–Crippen MR) is 138 cm³/mol. The van der Waals surface area contributed by atoms with E-state index < -0.39 is 6.04 Å². The van der Waals surface area contributed by atoms with Gasteiger partial charge < -0.3 is 19.9 Å². The van der Waals surface area contributed by atoms with E-state index in [2.05, 4.69) is 5.32 Å². The molecule has 1 N–H and O–H groups in total. The standard InChI is InChI=1S/C29H31N3O4/c1-36-26-16-9-8-15-24(26)28(34)31-17-10-18-32(20-19-31)29(35)25(21-22-11-4-2-5-12-22)30-27(33)23-13-6-3-7-14-23/h2-9,11-16,25H,10,17-21H2,1H3,(H,30,33). The molecule has 1 fully saturated rings. The number of hydrogen-bond donors (Lipinski definition) is 1. The molecule has 1 heterocycles. The summed E-state index contributed by atoms with van der Waals surface area (Å²) in [5.41, 5.74) is 1.98. The molecule has 0 radical (unpaired) electrons. The Morgan fingerprint density at radius 2 is 1.42 bits per heavy atom. The Morgan fingerprint density at radius 3 is 2.14 bits per heavy atom. The van der Waals surface area contributed by atoms with Crippen molar-refractivity contribution in [1.29, 1.82) is 0 Å². The summed E-state index contributed by atoms with van der Waals surface area (Å²) >= 11 is 0. The van der Waals surface area contributed by atoms with Gasteiger partial charge in [-0.1, -0.05) is 60.7 Å². The molecule has 1 aliphatic heterocycles. The summed E-state index contributed by atoms with van der Waals surface area (Å²) in [6, 6.07) is 25.0. The van der Waals surface area contributed by atoms with E-state index >= 15 is 0 Å². The van der Waals surface area contributed by atoms with E-state index in [1.807, 2.05) is 48.5 Å². The van der Waals surface area contributed by atoms with Gasteiger partial charge in [-0.15, -0.1) is 0 Å². The molecule has 0 aromatic heterocycles. The minimum Gasteiger partial charge on any atom is -0.496 e. The zero-order chi connectivity index (χ0) is 25.3. The quantitative estimate of drug-likeness (QED) is 0.556. The third kappa shape index (κ3) is 6.10. The SMILES string of the molecule is COc1ccccc1C(=O)N1CCCN(C(=O)C(Cc2ccccc2)NC(=O)c2ccccc2)CC1. The number of methoxy groups -OCH3 is 1. The summed E-state index contributed by atoms with van der Waals surface area (Å²) < 4.78 is 5.36. The van der Waals surface area contributed by atoms with Crippen LogP contribution >= 0.6 is 0 Å². The van der Waals surface area contributed by atoms with Crippen molar-refractivity contribution in [3.8, 4) is 5.75 Å². The average molecular weight is 486 g/mol. The molecule has 4 rings (SSSR count). The van der Waals surface area contributed by atoms with Crippen LogP contribution in [0.2, 0.25) is 0 Å². The topological polar surface area (TPSA) is 79.0 Å². The maximum Gasteiger partial charge on any atom is 0.257 e. The molecule has 36 heavy (non-hydrogen) atoms. The number of para-hydroxylation sites is 1. The average Bonchev–Trinajstić information content (AvgIpc) is 3.19. The summed E-state index contributed by atoms with van der Waals surface area (Å²) in [5.74, 6) is -0.00593. The number of ether oxygens (including phenoxy) is 1. The van der Waals surface area contributed by atoms with Crippen LogP contribution in [-0.4, -0.2) is 66.9 Å². The highest BCUT2D eigenvalue weighted by Crippen LogP contribution is 2.20. The van der Waals surface area contributed by atoms with Crippen molar-refractivity contribution in [2.45, 2.75) is 18.9 Å². The maximum absolute atomic E-state index is 13.7. The second kappa shape index (κ2) is 12.0. The van der Waals surface area contributed by atoms with Crippen molar-refractivity contribution < 1.29 is 19.1 Å². The number of benzene rings is 3. The molecule has 186 valence electrons. The van der Waals surface area contributed by atoms with Crippen LogP contribution in [0.25, 0.3) is 0 Å². The molecule has 1 atom stereocenters. The van der Waals surface area contributed by atoms with Crippen molar-refractivity contribution in [1.82, 2.24) is 15.1 Å². The van der Waals surface area contributed by atoms with Gasteiger partial charge in [0.25, 0.3) is 11.8 Å². The molecule has 0 aliphatic carbocycles. The fraction of sp³-hybridized carbons (Fsp3) is 0.276. The van der Waals surface area contributed by atoms with Crippen LogP contribution in [0.5, 0.6) is 5.75 Å². The van der Waals surface area contributed by atoms with Gasteiger partial charge in [-0.25, -0.2) is 0 Å². The van der Waals surface area contributed by atoms with Crippen molar-refractivity contribution in [2.24, 2.45) is 0 Å². The molecule has 1 unspecified atom stereocenters.